The van der Waals surface area contributed by atoms with Crippen LogP contribution >= 0.6 is 0 Å². The maximum atomic E-state index is 4.98. The smallest absolute Gasteiger partial charge is 0.244 e. The molecule has 18 rings (SSSR count). The highest BCUT2D eigenvalue weighted by atomic mass is 15.1. The van der Waals surface area contributed by atoms with E-state index in [1.54, 1.807) is 0 Å². The van der Waals surface area contributed by atoms with Crippen LogP contribution < -0.4 is 32.8 Å². The van der Waals surface area contributed by atoms with Gasteiger partial charge < -0.3 is 0 Å². The minimum Gasteiger partial charge on any atom is -0.294 e. The number of benzene rings is 8. The molecule has 0 N–H and O–H groups in total. The lowest BCUT2D eigenvalue weighted by Gasteiger charge is -2.13. The third-order valence-electron chi connectivity index (χ3n) is 16.5. The van der Waals surface area contributed by atoms with Gasteiger partial charge in [0.2, 0.25) is 19.4 Å². The normalized spacial score (nSPS) is 13.3. The number of hydrogen-bond donors (Lipinski definition) is 0. The minimum atomic E-state index is 0.0714. The monoisotopic (exact) mass is 897 g/mol. The number of aromatic nitrogens is 7. The number of pyridine rings is 2. The molecule has 322 valence electrons. The predicted molar refractivity (Wildman–Crippen MR) is 292 cm³/mol. The van der Waals surface area contributed by atoms with Gasteiger partial charge in [0, 0.05) is 57.1 Å². The summed E-state index contributed by atoms with van der Waals surface area (Å²) in [5, 5.41) is 7.36. The van der Waals surface area contributed by atoms with Gasteiger partial charge in [0.05, 0.1) is 33.1 Å². The molecule has 0 bridgehead atoms. The zero-order valence-electron chi connectivity index (χ0n) is 37.8. The van der Waals surface area contributed by atoms with E-state index in [4.69, 9.17) is 19.9 Å². The van der Waals surface area contributed by atoms with Crippen molar-refractivity contribution in [3.63, 3.8) is 0 Å². The Bertz CT molecular complexity index is 4480. The van der Waals surface area contributed by atoms with Crippen LogP contribution in [-0.2, 0) is 0 Å². The third kappa shape index (κ3) is 4.45. The zero-order valence-corrected chi connectivity index (χ0v) is 37.8. The molecule has 9 heteroatoms. The quantitative estimate of drug-likeness (QED) is 0.166. The summed E-state index contributed by atoms with van der Waals surface area (Å²) in [7, 11) is 0. The van der Waals surface area contributed by atoms with Gasteiger partial charge in [-0.3, -0.25) is 13.7 Å². The molecular weight excluding hydrogens is 864 g/mol. The van der Waals surface area contributed by atoms with Crippen LogP contribution in [0.15, 0.2) is 201 Å². The van der Waals surface area contributed by atoms with Gasteiger partial charge in [0.15, 0.2) is 0 Å². The van der Waals surface area contributed by atoms with Crippen LogP contribution in [0.4, 0.5) is 0 Å². The first-order valence-electron chi connectivity index (χ1n) is 24.4. The Hall–Kier alpha value is -9.33. The molecule has 0 atom stereocenters. The van der Waals surface area contributed by atoms with Gasteiger partial charge in [0.25, 0.3) is 0 Å². The van der Waals surface area contributed by atoms with Crippen molar-refractivity contribution in [2.75, 3.05) is 0 Å². The van der Waals surface area contributed by atoms with Crippen molar-refractivity contribution >= 4 is 112 Å². The highest BCUT2D eigenvalue weighted by molar-refractivity contribution is 7.03. The molecular formula is C62H33B2N7. The van der Waals surface area contributed by atoms with Crippen LogP contribution in [-0.4, -0.2) is 47.1 Å². The van der Waals surface area contributed by atoms with Crippen molar-refractivity contribution in [3.8, 4) is 62.1 Å². The lowest BCUT2D eigenvalue weighted by Crippen LogP contribution is -2.45. The first kappa shape index (κ1) is 36.7. The molecule has 0 saturated carbocycles. The van der Waals surface area contributed by atoms with Crippen LogP contribution in [0.25, 0.3) is 128 Å². The molecule has 8 aromatic carbocycles. The van der Waals surface area contributed by atoms with E-state index in [0.717, 1.165) is 33.7 Å². The summed E-state index contributed by atoms with van der Waals surface area (Å²) in [5.41, 5.74) is 25.5. The van der Waals surface area contributed by atoms with Crippen LogP contribution in [0.5, 0.6) is 0 Å². The second-order valence-corrected chi connectivity index (χ2v) is 19.7. The Morgan fingerprint density at radius 3 is 1.04 bits per heavy atom. The van der Waals surface area contributed by atoms with E-state index in [-0.39, 0.29) is 13.4 Å². The Labute approximate surface area is 406 Å². The fourth-order valence-corrected chi connectivity index (χ4v) is 13.8. The predicted octanol–water partition coefficient (Wildman–Crippen LogP) is 9.51. The van der Waals surface area contributed by atoms with E-state index in [2.05, 4.69) is 171 Å². The van der Waals surface area contributed by atoms with Crippen molar-refractivity contribution in [1.29, 1.82) is 0 Å². The molecule has 6 aromatic heterocycles. The molecule has 0 spiro atoms. The second kappa shape index (κ2) is 12.8. The molecule has 4 aliphatic rings. The van der Waals surface area contributed by atoms with Gasteiger partial charge in [-0.15, -0.1) is 0 Å². The third-order valence-corrected chi connectivity index (χ3v) is 16.5. The fraction of sp³-hybridized carbons (Fsp3) is 0. The number of hydrogen-bond acceptors (Lipinski definition) is 4. The Balaban J connectivity index is 0.886. The first-order chi connectivity index (χ1) is 35.2. The maximum absolute atomic E-state index is 4.98. The average molecular weight is 898 g/mol. The van der Waals surface area contributed by atoms with Gasteiger partial charge in [-0.05, 0) is 136 Å². The standard InChI is InChI=1S/C62H33B2N7/c1-3-18-52-34(12-1)44-26-40-36-14-9-16-38-42-28-46-47-29-43-39-17-10-15-37-41-27-45-35-13-2-4-19-53(35)70(59-21-6-8-23-66-59)55(45)31-49(41)64(61(37)39)51(43)33-57(47)71(62-67-24-11-25-68-62)56(46)32-50(42)63(60(36)38)48(40)30-54(44)69(52)58-20-5-7-22-65-58/h1-33H. The largest absolute Gasteiger partial charge is 0.294 e. The molecule has 7 nitrogen and oxygen atoms in total. The van der Waals surface area contributed by atoms with Crippen molar-refractivity contribution in [2.45, 2.75) is 0 Å². The van der Waals surface area contributed by atoms with Crippen LogP contribution in [0.2, 0.25) is 0 Å². The van der Waals surface area contributed by atoms with Crippen LogP contribution in [0.1, 0.15) is 0 Å². The van der Waals surface area contributed by atoms with E-state index in [0.29, 0.717) is 5.95 Å². The van der Waals surface area contributed by atoms with E-state index in [1.807, 2.05) is 43.0 Å². The molecule has 0 unspecified atom stereocenters. The Morgan fingerprint density at radius 2 is 0.634 bits per heavy atom. The Morgan fingerprint density at radius 1 is 0.268 bits per heavy atom. The van der Waals surface area contributed by atoms with E-state index >= 15 is 0 Å². The van der Waals surface area contributed by atoms with Crippen molar-refractivity contribution in [2.24, 2.45) is 0 Å². The van der Waals surface area contributed by atoms with Gasteiger partial charge in [0.1, 0.15) is 11.6 Å². The van der Waals surface area contributed by atoms with E-state index in [9.17, 15) is 0 Å². The van der Waals surface area contributed by atoms with Gasteiger partial charge in [-0.2, -0.15) is 0 Å². The maximum Gasteiger partial charge on any atom is 0.244 e. The van der Waals surface area contributed by atoms with Crippen molar-refractivity contribution in [3.05, 3.63) is 201 Å². The summed E-state index contributed by atoms with van der Waals surface area (Å²) in [5.74, 6) is 2.51. The summed E-state index contributed by atoms with van der Waals surface area (Å²) in [6.07, 6.45) is 7.50. The summed E-state index contributed by atoms with van der Waals surface area (Å²) < 4.78 is 7.00. The molecule has 4 aliphatic heterocycles. The van der Waals surface area contributed by atoms with Crippen LogP contribution in [0, 0.1) is 0 Å². The summed E-state index contributed by atoms with van der Waals surface area (Å²) in [4.78, 5) is 19.7. The van der Waals surface area contributed by atoms with Gasteiger partial charge >= 0.3 is 0 Å². The van der Waals surface area contributed by atoms with Crippen molar-refractivity contribution in [1.82, 2.24) is 33.6 Å². The minimum absolute atomic E-state index is 0.0714. The number of rotatable bonds is 3. The molecule has 0 saturated heterocycles. The molecule has 14 aromatic rings. The van der Waals surface area contributed by atoms with Gasteiger partial charge in [-0.1, -0.05) is 118 Å². The van der Waals surface area contributed by atoms with Crippen LogP contribution in [0.3, 0.4) is 0 Å². The molecule has 10 heterocycles. The lowest BCUT2D eigenvalue weighted by molar-refractivity contribution is 0.989. The fourth-order valence-electron chi connectivity index (χ4n) is 13.8. The molecule has 0 fully saturated rings. The Kier molecular flexibility index (Phi) is 6.64. The van der Waals surface area contributed by atoms with Crippen molar-refractivity contribution < 1.29 is 0 Å². The summed E-state index contributed by atoms with van der Waals surface area (Å²) >= 11 is 0. The molecule has 0 radical (unpaired) electrons. The van der Waals surface area contributed by atoms with E-state index in [1.165, 1.54) is 121 Å². The second-order valence-electron chi connectivity index (χ2n) is 19.7. The number of para-hydroxylation sites is 2. The highest BCUT2D eigenvalue weighted by Gasteiger charge is 2.45. The first-order valence-corrected chi connectivity index (χ1v) is 24.4. The van der Waals surface area contributed by atoms with Gasteiger partial charge in [-0.25, -0.2) is 19.9 Å². The highest BCUT2D eigenvalue weighted by Crippen LogP contribution is 2.44. The molecule has 71 heavy (non-hydrogen) atoms. The number of fused-ring (bicyclic) bond motifs is 21. The summed E-state index contributed by atoms with van der Waals surface area (Å²) in [6, 6.07) is 65.3. The summed E-state index contributed by atoms with van der Waals surface area (Å²) in [6.45, 7) is 0.143. The SMILES string of the molecule is c1ccc(-n2c3ccccc3c3cc4c(cc32)B2c3cc5c(cc3-c3cccc-4c32)c2cc3c(cc2n5-c2ncccn2)B2c4cc5c(cc4-c4cccc-3c42)c2ccccc2n5-c2ccccn2)nc1. The molecule has 0 aliphatic carbocycles. The van der Waals surface area contributed by atoms with E-state index < -0.39 is 0 Å². The lowest BCUT2D eigenvalue weighted by atomic mass is 9.41. The topological polar surface area (TPSA) is 66.3 Å². The zero-order chi connectivity index (χ0) is 45.8. The number of nitrogens with zero attached hydrogens (tertiary/aromatic N) is 7. The average Bonchev–Trinajstić information content (AvgIpc) is 4.32. The molecule has 0 amide bonds.